The number of methoxy groups -OCH3 is 1. The topological polar surface area (TPSA) is 87.7 Å². The van der Waals surface area contributed by atoms with Crippen LogP contribution in [0.15, 0.2) is 12.4 Å². The molecular formula is C18H29N5O3. The zero-order valence-corrected chi connectivity index (χ0v) is 16.1. The second-order valence-electron chi connectivity index (χ2n) is 7.11. The molecule has 0 aliphatic carbocycles. The number of carbonyl (C=O) groups is 2. The number of ether oxygens (including phenoxy) is 1. The number of nitrogens with zero attached hydrogens (tertiary/aromatic N) is 4. The first kappa shape index (κ1) is 19.9. The molecule has 3 amide bonds. The number of hydrogen-bond acceptors (Lipinski definition) is 5. The summed E-state index contributed by atoms with van der Waals surface area (Å²) in [4.78, 5) is 36.3. The van der Waals surface area contributed by atoms with Crippen LogP contribution >= 0.6 is 0 Å². The Labute approximate surface area is 154 Å². The van der Waals surface area contributed by atoms with Gasteiger partial charge in [-0.1, -0.05) is 13.8 Å². The number of aromatic nitrogens is 2. The van der Waals surface area contributed by atoms with Crippen molar-refractivity contribution >= 4 is 17.9 Å². The van der Waals surface area contributed by atoms with Crippen LogP contribution < -0.4 is 15.0 Å². The molecule has 1 aromatic rings. The van der Waals surface area contributed by atoms with Crippen molar-refractivity contribution < 1.29 is 14.3 Å². The maximum atomic E-state index is 12.6. The van der Waals surface area contributed by atoms with Gasteiger partial charge >= 0.3 is 6.03 Å². The zero-order chi connectivity index (χ0) is 19.1. The Morgan fingerprint density at radius 2 is 2.08 bits per heavy atom. The summed E-state index contributed by atoms with van der Waals surface area (Å²) < 4.78 is 5.03. The van der Waals surface area contributed by atoms with E-state index in [-0.39, 0.29) is 17.9 Å². The van der Waals surface area contributed by atoms with Gasteiger partial charge in [0.1, 0.15) is 0 Å². The standard InChI is InChI=1S/C18H29N5O3/c1-13(2)9-21-18(25)23-7-5-6-14(12-23)8-16(24)22(3)17-19-10-15(26-4)11-20-17/h10-11,13-14H,5-9,12H2,1-4H3,(H,21,25). The van der Waals surface area contributed by atoms with Crippen molar-refractivity contribution in [1.82, 2.24) is 20.2 Å². The molecular weight excluding hydrogens is 334 g/mol. The molecule has 144 valence electrons. The number of nitrogens with one attached hydrogen (secondary N) is 1. The average molecular weight is 363 g/mol. The smallest absolute Gasteiger partial charge is 0.317 e. The largest absolute Gasteiger partial charge is 0.494 e. The van der Waals surface area contributed by atoms with E-state index in [9.17, 15) is 9.59 Å². The molecule has 1 N–H and O–H groups in total. The van der Waals surface area contributed by atoms with Crippen molar-refractivity contribution in [2.45, 2.75) is 33.1 Å². The highest BCUT2D eigenvalue weighted by atomic mass is 16.5. The number of rotatable bonds is 6. The molecule has 1 unspecified atom stereocenters. The molecule has 8 heteroatoms. The van der Waals surface area contributed by atoms with Crippen LogP contribution in [0.1, 0.15) is 33.1 Å². The minimum atomic E-state index is -0.0513. The second kappa shape index (κ2) is 9.35. The molecule has 1 fully saturated rings. The Morgan fingerprint density at radius 1 is 1.38 bits per heavy atom. The van der Waals surface area contributed by atoms with Crippen LogP contribution in [0.3, 0.4) is 0 Å². The van der Waals surface area contributed by atoms with Crippen molar-refractivity contribution in [2.24, 2.45) is 11.8 Å². The molecule has 0 aromatic carbocycles. The molecule has 1 saturated heterocycles. The molecule has 0 bridgehead atoms. The van der Waals surface area contributed by atoms with Crippen molar-refractivity contribution in [3.63, 3.8) is 0 Å². The molecule has 0 spiro atoms. The van der Waals surface area contributed by atoms with Gasteiger partial charge in [0.2, 0.25) is 11.9 Å². The van der Waals surface area contributed by atoms with Crippen LogP contribution in [0.2, 0.25) is 0 Å². The lowest BCUT2D eigenvalue weighted by Crippen LogP contribution is -2.47. The fourth-order valence-electron chi connectivity index (χ4n) is 2.90. The van der Waals surface area contributed by atoms with E-state index in [1.54, 1.807) is 14.2 Å². The maximum Gasteiger partial charge on any atom is 0.317 e. The van der Waals surface area contributed by atoms with Crippen LogP contribution in [-0.2, 0) is 4.79 Å². The summed E-state index contributed by atoms with van der Waals surface area (Å²) in [5.74, 6) is 1.41. The van der Waals surface area contributed by atoms with E-state index in [4.69, 9.17) is 4.74 Å². The van der Waals surface area contributed by atoms with E-state index in [1.807, 2.05) is 4.90 Å². The van der Waals surface area contributed by atoms with Crippen LogP contribution in [0.4, 0.5) is 10.7 Å². The summed E-state index contributed by atoms with van der Waals surface area (Å²) in [5, 5.41) is 2.94. The summed E-state index contributed by atoms with van der Waals surface area (Å²) >= 11 is 0. The molecule has 26 heavy (non-hydrogen) atoms. The first-order valence-electron chi connectivity index (χ1n) is 9.06. The van der Waals surface area contributed by atoms with Gasteiger partial charge in [-0.3, -0.25) is 9.69 Å². The minimum absolute atomic E-state index is 0.0392. The Hall–Kier alpha value is -2.38. The zero-order valence-electron chi connectivity index (χ0n) is 16.1. The summed E-state index contributed by atoms with van der Waals surface area (Å²) in [6, 6.07) is -0.0392. The number of anilines is 1. The van der Waals surface area contributed by atoms with Crippen LogP contribution in [0.25, 0.3) is 0 Å². The fraction of sp³-hybridized carbons (Fsp3) is 0.667. The lowest BCUT2D eigenvalue weighted by atomic mass is 9.94. The van der Waals surface area contributed by atoms with Crippen molar-refractivity contribution in [2.75, 3.05) is 38.7 Å². The predicted octanol–water partition coefficient (Wildman–Crippen LogP) is 1.92. The summed E-state index contributed by atoms with van der Waals surface area (Å²) in [7, 11) is 3.21. The SMILES string of the molecule is COc1cnc(N(C)C(=O)CC2CCCN(C(=O)NCC(C)C)C2)nc1. The third kappa shape index (κ3) is 5.57. The van der Waals surface area contributed by atoms with Gasteiger partial charge in [0, 0.05) is 33.1 Å². The van der Waals surface area contributed by atoms with Crippen LogP contribution in [-0.4, -0.2) is 60.6 Å². The molecule has 0 saturated carbocycles. The summed E-state index contributed by atoms with van der Waals surface area (Å²) in [6.07, 6.45) is 5.30. The number of urea groups is 1. The minimum Gasteiger partial charge on any atom is -0.494 e. The van der Waals surface area contributed by atoms with Gasteiger partial charge in [0.25, 0.3) is 0 Å². The Bertz CT molecular complexity index is 605. The normalized spacial score (nSPS) is 17.1. The van der Waals surface area contributed by atoms with Crippen LogP contribution in [0.5, 0.6) is 5.75 Å². The summed E-state index contributed by atoms with van der Waals surface area (Å²) in [6.45, 7) is 6.14. The first-order chi connectivity index (χ1) is 12.4. The fourth-order valence-corrected chi connectivity index (χ4v) is 2.90. The lowest BCUT2D eigenvalue weighted by molar-refractivity contribution is -0.119. The van der Waals surface area contributed by atoms with Gasteiger partial charge in [0.05, 0.1) is 19.5 Å². The molecule has 2 rings (SSSR count). The van der Waals surface area contributed by atoms with E-state index < -0.39 is 0 Å². The molecule has 8 nitrogen and oxygen atoms in total. The molecule has 1 aliphatic heterocycles. The molecule has 1 aromatic heterocycles. The number of carbonyl (C=O) groups excluding carboxylic acids is 2. The quantitative estimate of drug-likeness (QED) is 0.834. The Morgan fingerprint density at radius 3 is 2.69 bits per heavy atom. The summed E-state index contributed by atoms with van der Waals surface area (Å²) in [5.41, 5.74) is 0. The highest BCUT2D eigenvalue weighted by Crippen LogP contribution is 2.21. The molecule has 1 atom stereocenters. The number of piperidine rings is 1. The Kier molecular flexibility index (Phi) is 7.17. The number of amides is 3. The number of likely N-dealkylation sites (tertiary alicyclic amines) is 1. The van der Waals surface area contributed by atoms with Gasteiger partial charge in [-0.05, 0) is 24.7 Å². The highest BCUT2D eigenvalue weighted by molar-refractivity contribution is 5.91. The number of hydrogen-bond donors (Lipinski definition) is 1. The van der Waals surface area contributed by atoms with Gasteiger partial charge < -0.3 is 15.0 Å². The predicted molar refractivity (Wildman–Crippen MR) is 99.1 cm³/mol. The van der Waals surface area contributed by atoms with E-state index in [2.05, 4.69) is 29.1 Å². The van der Waals surface area contributed by atoms with E-state index in [1.165, 1.54) is 17.3 Å². The van der Waals surface area contributed by atoms with Gasteiger partial charge in [-0.25, -0.2) is 14.8 Å². The third-order valence-electron chi connectivity index (χ3n) is 4.46. The van der Waals surface area contributed by atoms with E-state index in [0.717, 1.165) is 19.4 Å². The first-order valence-corrected chi connectivity index (χ1v) is 9.06. The third-order valence-corrected chi connectivity index (χ3v) is 4.46. The van der Waals surface area contributed by atoms with Crippen LogP contribution in [0, 0.1) is 11.8 Å². The van der Waals surface area contributed by atoms with Crippen molar-refractivity contribution in [3.8, 4) is 5.75 Å². The van der Waals surface area contributed by atoms with Gasteiger partial charge in [0.15, 0.2) is 5.75 Å². The highest BCUT2D eigenvalue weighted by Gasteiger charge is 2.27. The molecule has 1 aliphatic rings. The second-order valence-corrected chi connectivity index (χ2v) is 7.11. The average Bonchev–Trinajstić information content (AvgIpc) is 2.65. The van der Waals surface area contributed by atoms with Gasteiger partial charge in [-0.15, -0.1) is 0 Å². The molecule has 2 heterocycles. The van der Waals surface area contributed by atoms with Crippen molar-refractivity contribution in [1.29, 1.82) is 0 Å². The van der Waals surface area contributed by atoms with E-state index in [0.29, 0.717) is 37.1 Å². The molecule has 0 radical (unpaired) electrons. The lowest BCUT2D eigenvalue weighted by Gasteiger charge is -2.33. The monoisotopic (exact) mass is 363 g/mol. The van der Waals surface area contributed by atoms with Gasteiger partial charge in [-0.2, -0.15) is 0 Å². The maximum absolute atomic E-state index is 12.6. The van der Waals surface area contributed by atoms with Crippen molar-refractivity contribution in [3.05, 3.63) is 12.4 Å². The Balaban J connectivity index is 1.88. The van der Waals surface area contributed by atoms with E-state index >= 15 is 0 Å².